The normalized spacial score (nSPS) is 13.4. The SMILES string of the molecule is CCCP/N=C(\C)CC. The van der Waals surface area contributed by atoms with Crippen LogP contribution in [0, 0.1) is 0 Å². The molecule has 0 fully saturated rings. The van der Waals surface area contributed by atoms with Crippen molar-refractivity contribution in [1.82, 2.24) is 0 Å². The van der Waals surface area contributed by atoms with Crippen molar-refractivity contribution in [3.05, 3.63) is 0 Å². The quantitative estimate of drug-likeness (QED) is 0.327. The van der Waals surface area contributed by atoms with Gasteiger partial charge in [0.15, 0.2) is 0 Å². The van der Waals surface area contributed by atoms with Crippen molar-refractivity contribution in [1.29, 1.82) is 0 Å². The maximum atomic E-state index is 4.38. The van der Waals surface area contributed by atoms with E-state index in [4.69, 9.17) is 0 Å². The lowest BCUT2D eigenvalue weighted by molar-refractivity contribution is 1.10. The number of hydrogen-bond donors (Lipinski definition) is 0. The lowest BCUT2D eigenvalue weighted by atomic mass is 10.3. The van der Waals surface area contributed by atoms with E-state index in [1.165, 1.54) is 18.3 Å². The first-order valence-corrected chi connectivity index (χ1v) is 4.72. The molecule has 0 aromatic heterocycles. The second kappa shape index (κ2) is 6.22. The van der Waals surface area contributed by atoms with Crippen molar-refractivity contribution in [2.75, 3.05) is 6.16 Å². The lowest BCUT2D eigenvalue weighted by Crippen LogP contribution is -1.83. The van der Waals surface area contributed by atoms with Gasteiger partial charge in [-0.2, -0.15) is 0 Å². The van der Waals surface area contributed by atoms with Crippen LogP contribution in [0.5, 0.6) is 0 Å². The Morgan fingerprint density at radius 3 is 2.56 bits per heavy atom. The zero-order chi connectivity index (χ0) is 7.11. The minimum Gasteiger partial charge on any atom is -0.274 e. The topological polar surface area (TPSA) is 12.4 Å². The van der Waals surface area contributed by atoms with Crippen molar-refractivity contribution in [3.8, 4) is 0 Å². The lowest BCUT2D eigenvalue weighted by Gasteiger charge is -1.93. The van der Waals surface area contributed by atoms with Gasteiger partial charge in [0.2, 0.25) is 0 Å². The van der Waals surface area contributed by atoms with E-state index < -0.39 is 0 Å². The largest absolute Gasteiger partial charge is 0.274 e. The van der Waals surface area contributed by atoms with Crippen LogP contribution in [0.15, 0.2) is 4.76 Å². The number of hydrogen-bond acceptors (Lipinski definition) is 1. The highest BCUT2D eigenvalue weighted by Gasteiger charge is 1.83. The van der Waals surface area contributed by atoms with Crippen LogP contribution in [-0.2, 0) is 0 Å². The summed E-state index contributed by atoms with van der Waals surface area (Å²) in [6.07, 6.45) is 3.63. The molecule has 9 heavy (non-hydrogen) atoms. The van der Waals surface area contributed by atoms with Gasteiger partial charge in [-0.25, -0.2) is 0 Å². The molecule has 0 aliphatic carbocycles. The van der Waals surface area contributed by atoms with E-state index in [0.29, 0.717) is 0 Å². The van der Waals surface area contributed by atoms with Gasteiger partial charge in [0.1, 0.15) is 0 Å². The molecule has 0 aromatic rings. The third-order valence-corrected chi connectivity index (χ3v) is 2.41. The molecular weight excluding hydrogens is 129 g/mol. The van der Waals surface area contributed by atoms with Gasteiger partial charge in [0, 0.05) is 14.4 Å². The molecular formula is C7H16NP. The fraction of sp³-hybridized carbons (Fsp3) is 0.857. The molecule has 0 aromatic carbocycles. The number of nitrogens with zero attached hydrogens (tertiary/aromatic N) is 1. The highest BCUT2D eigenvalue weighted by molar-refractivity contribution is 7.36. The highest BCUT2D eigenvalue weighted by atomic mass is 31.1. The summed E-state index contributed by atoms with van der Waals surface area (Å²) in [5.41, 5.74) is 1.29. The molecule has 0 spiro atoms. The van der Waals surface area contributed by atoms with Crippen molar-refractivity contribution in [2.24, 2.45) is 4.76 Å². The molecule has 0 rings (SSSR count). The predicted octanol–water partition coefficient (Wildman–Crippen LogP) is 2.86. The Morgan fingerprint density at radius 1 is 1.44 bits per heavy atom. The van der Waals surface area contributed by atoms with Gasteiger partial charge in [-0.15, -0.1) is 0 Å². The fourth-order valence-electron chi connectivity index (χ4n) is 0.382. The molecule has 0 bridgehead atoms. The van der Waals surface area contributed by atoms with Crippen LogP contribution in [0.2, 0.25) is 0 Å². The standard InChI is InChI=1S/C7H16NP/c1-4-6-9-8-7(3)5-2/h9H,4-6H2,1-3H3/b8-7+. The second-order valence-corrected chi connectivity index (χ2v) is 3.15. The Balaban J connectivity index is 3.21. The van der Waals surface area contributed by atoms with E-state index >= 15 is 0 Å². The van der Waals surface area contributed by atoms with Crippen LogP contribution in [-0.4, -0.2) is 11.9 Å². The van der Waals surface area contributed by atoms with Gasteiger partial charge >= 0.3 is 0 Å². The third-order valence-electron chi connectivity index (χ3n) is 1.14. The van der Waals surface area contributed by atoms with Gasteiger partial charge in [-0.1, -0.05) is 20.3 Å². The Labute approximate surface area is 59.8 Å². The molecule has 1 nitrogen and oxygen atoms in total. The van der Waals surface area contributed by atoms with E-state index in [0.717, 1.165) is 15.2 Å². The van der Waals surface area contributed by atoms with Crippen LogP contribution in [0.25, 0.3) is 0 Å². The third kappa shape index (κ3) is 5.98. The van der Waals surface area contributed by atoms with E-state index in [2.05, 4.69) is 25.5 Å². The summed E-state index contributed by atoms with van der Waals surface area (Å²) in [5, 5.41) is 0. The summed E-state index contributed by atoms with van der Waals surface area (Å²) in [7, 11) is 0.807. The molecule has 0 aliphatic heterocycles. The summed E-state index contributed by atoms with van der Waals surface area (Å²) in [4.78, 5) is 0. The van der Waals surface area contributed by atoms with Crippen LogP contribution < -0.4 is 0 Å². The van der Waals surface area contributed by atoms with Gasteiger partial charge in [-0.05, 0) is 19.5 Å². The van der Waals surface area contributed by atoms with Crippen molar-refractivity contribution < 1.29 is 0 Å². The van der Waals surface area contributed by atoms with Gasteiger partial charge in [-0.3, -0.25) is 4.76 Å². The summed E-state index contributed by atoms with van der Waals surface area (Å²) in [6.45, 7) is 6.45. The Morgan fingerprint density at radius 2 is 2.11 bits per heavy atom. The maximum absolute atomic E-state index is 4.38. The smallest absolute Gasteiger partial charge is 0.0131 e. The first-order valence-electron chi connectivity index (χ1n) is 3.57. The molecule has 0 saturated carbocycles. The summed E-state index contributed by atoms with van der Waals surface area (Å²) in [6, 6.07) is 0. The van der Waals surface area contributed by atoms with Gasteiger partial charge < -0.3 is 0 Å². The van der Waals surface area contributed by atoms with Crippen molar-refractivity contribution in [2.45, 2.75) is 33.6 Å². The van der Waals surface area contributed by atoms with Gasteiger partial charge in [0.25, 0.3) is 0 Å². The molecule has 1 unspecified atom stereocenters. The Kier molecular flexibility index (Phi) is 6.29. The Hall–Kier alpha value is 0.100. The molecule has 54 valence electrons. The molecule has 0 saturated heterocycles. The number of rotatable bonds is 4. The average molecular weight is 145 g/mol. The Bertz CT molecular complexity index is 88.9. The zero-order valence-corrected chi connectivity index (χ0v) is 7.57. The summed E-state index contributed by atoms with van der Waals surface area (Å²) < 4.78 is 4.38. The van der Waals surface area contributed by atoms with Crippen LogP contribution >= 0.6 is 8.73 Å². The minimum absolute atomic E-state index is 0.807. The van der Waals surface area contributed by atoms with Crippen molar-refractivity contribution in [3.63, 3.8) is 0 Å². The molecule has 0 N–H and O–H groups in total. The molecule has 0 amide bonds. The monoisotopic (exact) mass is 145 g/mol. The molecule has 0 aliphatic rings. The summed E-state index contributed by atoms with van der Waals surface area (Å²) >= 11 is 0. The van der Waals surface area contributed by atoms with E-state index in [-0.39, 0.29) is 0 Å². The fourth-order valence-corrected chi connectivity index (χ4v) is 1.15. The first kappa shape index (κ1) is 9.10. The van der Waals surface area contributed by atoms with Crippen LogP contribution in [0.3, 0.4) is 0 Å². The molecule has 0 radical (unpaired) electrons. The van der Waals surface area contributed by atoms with Crippen LogP contribution in [0.4, 0.5) is 0 Å². The van der Waals surface area contributed by atoms with Crippen molar-refractivity contribution >= 4 is 14.4 Å². The molecule has 2 heteroatoms. The van der Waals surface area contributed by atoms with E-state index in [1.807, 2.05) is 0 Å². The maximum Gasteiger partial charge on any atom is 0.0131 e. The first-order chi connectivity index (χ1) is 4.31. The predicted molar refractivity (Wildman–Crippen MR) is 46.9 cm³/mol. The molecule has 1 atom stereocenters. The molecule has 0 heterocycles. The van der Waals surface area contributed by atoms with E-state index in [9.17, 15) is 0 Å². The van der Waals surface area contributed by atoms with Crippen LogP contribution in [0.1, 0.15) is 33.6 Å². The summed E-state index contributed by atoms with van der Waals surface area (Å²) in [5.74, 6) is 0. The van der Waals surface area contributed by atoms with Gasteiger partial charge in [0.05, 0.1) is 0 Å². The second-order valence-electron chi connectivity index (χ2n) is 2.11. The zero-order valence-electron chi connectivity index (χ0n) is 6.57. The minimum atomic E-state index is 0.807. The van der Waals surface area contributed by atoms with E-state index in [1.54, 1.807) is 0 Å². The average Bonchev–Trinajstić information content (AvgIpc) is 1.89. The highest BCUT2D eigenvalue weighted by Crippen LogP contribution is 2.13.